The van der Waals surface area contributed by atoms with E-state index >= 15 is 0 Å². The van der Waals surface area contributed by atoms with Crippen LogP contribution in [0.3, 0.4) is 0 Å². The van der Waals surface area contributed by atoms with Gasteiger partial charge in [-0.15, -0.1) is 0 Å². The van der Waals surface area contributed by atoms with Gasteiger partial charge in [0.05, 0.1) is 18.8 Å². The predicted octanol–water partition coefficient (Wildman–Crippen LogP) is 0.565. The lowest BCUT2D eigenvalue weighted by atomic mass is 10.1. The van der Waals surface area contributed by atoms with Crippen LogP contribution in [0.5, 0.6) is 5.75 Å². The third-order valence-corrected chi connectivity index (χ3v) is 3.41. The predicted molar refractivity (Wildman–Crippen MR) is 77.7 cm³/mol. The maximum atomic E-state index is 10.4. The standard InChI is InChI=1S/C15H24N2O3/c1-15(19,12-17-5-7-20-8-6-17)11-16-10-13-3-2-4-14(18)9-13/h2-4,9,16,18-19H,5-8,10-12H2,1H3. The highest BCUT2D eigenvalue weighted by Crippen LogP contribution is 2.11. The number of benzene rings is 1. The molecule has 1 saturated heterocycles. The number of phenolic OH excluding ortho intramolecular Hbond substituents is 1. The number of hydrogen-bond donors (Lipinski definition) is 3. The Labute approximate surface area is 120 Å². The number of nitrogens with zero attached hydrogens (tertiary/aromatic N) is 1. The summed E-state index contributed by atoms with van der Waals surface area (Å²) in [4.78, 5) is 2.22. The molecule has 0 aromatic heterocycles. The Hall–Kier alpha value is -1.14. The van der Waals surface area contributed by atoms with Crippen molar-refractivity contribution in [3.8, 4) is 5.75 Å². The molecule has 1 aromatic carbocycles. The smallest absolute Gasteiger partial charge is 0.115 e. The minimum absolute atomic E-state index is 0.268. The van der Waals surface area contributed by atoms with Crippen molar-refractivity contribution >= 4 is 0 Å². The number of hydrogen-bond acceptors (Lipinski definition) is 5. The number of rotatable bonds is 6. The van der Waals surface area contributed by atoms with Gasteiger partial charge in [-0.1, -0.05) is 12.1 Å². The Balaban J connectivity index is 1.74. The molecular weight excluding hydrogens is 256 g/mol. The minimum atomic E-state index is -0.770. The van der Waals surface area contributed by atoms with Gasteiger partial charge in [-0.25, -0.2) is 0 Å². The maximum absolute atomic E-state index is 10.4. The molecule has 20 heavy (non-hydrogen) atoms. The van der Waals surface area contributed by atoms with Crippen LogP contribution in [0.4, 0.5) is 0 Å². The van der Waals surface area contributed by atoms with Crippen molar-refractivity contribution in [1.82, 2.24) is 10.2 Å². The first-order valence-corrected chi connectivity index (χ1v) is 7.06. The van der Waals surface area contributed by atoms with Crippen LogP contribution in [0.1, 0.15) is 12.5 Å². The summed E-state index contributed by atoms with van der Waals surface area (Å²) in [6, 6.07) is 7.14. The van der Waals surface area contributed by atoms with E-state index in [0.29, 0.717) is 19.6 Å². The van der Waals surface area contributed by atoms with Crippen LogP contribution >= 0.6 is 0 Å². The van der Waals surface area contributed by atoms with Gasteiger partial charge in [0, 0.05) is 32.7 Å². The molecule has 5 heteroatoms. The second-order valence-electron chi connectivity index (χ2n) is 5.66. The first-order valence-electron chi connectivity index (χ1n) is 7.06. The van der Waals surface area contributed by atoms with Crippen LogP contribution in [0.15, 0.2) is 24.3 Å². The number of phenols is 1. The fourth-order valence-corrected chi connectivity index (χ4v) is 2.44. The van der Waals surface area contributed by atoms with Crippen molar-refractivity contribution in [3.63, 3.8) is 0 Å². The molecule has 2 rings (SSSR count). The molecule has 5 nitrogen and oxygen atoms in total. The van der Waals surface area contributed by atoms with Crippen LogP contribution in [-0.4, -0.2) is 60.1 Å². The molecule has 1 aliphatic rings. The van der Waals surface area contributed by atoms with E-state index in [2.05, 4.69) is 10.2 Å². The zero-order valence-electron chi connectivity index (χ0n) is 12.0. The van der Waals surface area contributed by atoms with Gasteiger partial charge in [-0.05, 0) is 24.6 Å². The van der Waals surface area contributed by atoms with Crippen molar-refractivity contribution in [2.75, 3.05) is 39.4 Å². The van der Waals surface area contributed by atoms with Crippen molar-refractivity contribution in [2.45, 2.75) is 19.1 Å². The summed E-state index contributed by atoms with van der Waals surface area (Å²) >= 11 is 0. The first kappa shape index (κ1) is 15.3. The fourth-order valence-electron chi connectivity index (χ4n) is 2.44. The van der Waals surface area contributed by atoms with Gasteiger partial charge in [0.25, 0.3) is 0 Å². The number of β-amino-alcohol motifs (C(OH)–C–C–N with tert-alkyl or cyclic N) is 1. The average molecular weight is 280 g/mol. The van der Waals surface area contributed by atoms with Gasteiger partial charge in [-0.3, -0.25) is 4.90 Å². The average Bonchev–Trinajstić information content (AvgIpc) is 2.39. The molecule has 1 aliphatic heterocycles. The summed E-state index contributed by atoms with van der Waals surface area (Å²) in [6.07, 6.45) is 0. The minimum Gasteiger partial charge on any atom is -0.508 e. The summed E-state index contributed by atoms with van der Waals surface area (Å²) in [5, 5.41) is 23.0. The van der Waals surface area contributed by atoms with Gasteiger partial charge in [0.1, 0.15) is 5.75 Å². The summed E-state index contributed by atoms with van der Waals surface area (Å²) in [6.45, 7) is 6.88. The number of nitrogens with one attached hydrogen (secondary N) is 1. The van der Waals surface area contributed by atoms with Crippen LogP contribution in [0, 0.1) is 0 Å². The topological polar surface area (TPSA) is 65.0 Å². The monoisotopic (exact) mass is 280 g/mol. The van der Waals surface area contributed by atoms with Gasteiger partial charge in [0.15, 0.2) is 0 Å². The highest BCUT2D eigenvalue weighted by Gasteiger charge is 2.24. The number of ether oxygens (including phenoxy) is 1. The zero-order chi connectivity index (χ0) is 14.4. The molecule has 0 amide bonds. The molecule has 0 aliphatic carbocycles. The molecule has 1 fully saturated rings. The Bertz CT molecular complexity index is 417. The molecule has 1 unspecified atom stereocenters. The van der Waals surface area contributed by atoms with E-state index in [1.165, 1.54) is 0 Å². The quantitative estimate of drug-likeness (QED) is 0.711. The highest BCUT2D eigenvalue weighted by atomic mass is 16.5. The van der Waals surface area contributed by atoms with Crippen LogP contribution in [0.25, 0.3) is 0 Å². The van der Waals surface area contributed by atoms with Crippen LogP contribution < -0.4 is 5.32 Å². The number of aromatic hydroxyl groups is 1. The van der Waals surface area contributed by atoms with Gasteiger partial charge in [0.2, 0.25) is 0 Å². The van der Waals surface area contributed by atoms with Crippen LogP contribution in [-0.2, 0) is 11.3 Å². The third-order valence-electron chi connectivity index (χ3n) is 3.41. The van der Waals surface area contributed by atoms with E-state index in [1.807, 2.05) is 19.1 Å². The Morgan fingerprint density at radius 3 is 2.80 bits per heavy atom. The van der Waals surface area contributed by atoms with Crippen molar-refractivity contribution in [1.29, 1.82) is 0 Å². The second kappa shape index (κ2) is 7.04. The Kier molecular flexibility index (Phi) is 5.37. The van der Waals surface area contributed by atoms with Gasteiger partial charge < -0.3 is 20.3 Å². The first-order chi connectivity index (χ1) is 9.55. The summed E-state index contributed by atoms with van der Waals surface area (Å²) < 4.78 is 5.30. The lowest BCUT2D eigenvalue weighted by Crippen LogP contribution is -2.50. The van der Waals surface area contributed by atoms with Crippen molar-refractivity contribution in [2.24, 2.45) is 0 Å². The lowest BCUT2D eigenvalue weighted by Gasteiger charge is -2.34. The molecule has 1 heterocycles. The second-order valence-corrected chi connectivity index (χ2v) is 5.66. The molecule has 0 saturated carbocycles. The normalized spacial score (nSPS) is 19.7. The summed E-state index contributed by atoms with van der Waals surface area (Å²) in [7, 11) is 0. The van der Waals surface area contributed by atoms with Crippen molar-refractivity contribution in [3.05, 3.63) is 29.8 Å². The largest absolute Gasteiger partial charge is 0.508 e. The molecule has 1 atom stereocenters. The summed E-state index contributed by atoms with van der Waals surface area (Å²) in [5.41, 5.74) is 0.237. The van der Waals surface area contributed by atoms with E-state index in [4.69, 9.17) is 4.74 Å². The van der Waals surface area contributed by atoms with Gasteiger partial charge >= 0.3 is 0 Å². The van der Waals surface area contributed by atoms with Crippen molar-refractivity contribution < 1.29 is 14.9 Å². The molecule has 0 radical (unpaired) electrons. The molecule has 0 bridgehead atoms. The SMILES string of the molecule is CC(O)(CNCc1cccc(O)c1)CN1CCOCC1. The molecule has 112 valence electrons. The van der Waals surface area contributed by atoms with Gasteiger partial charge in [-0.2, -0.15) is 0 Å². The number of aliphatic hydroxyl groups is 1. The Morgan fingerprint density at radius 2 is 2.10 bits per heavy atom. The lowest BCUT2D eigenvalue weighted by molar-refractivity contribution is -0.0219. The van der Waals surface area contributed by atoms with E-state index in [9.17, 15) is 10.2 Å². The highest BCUT2D eigenvalue weighted by molar-refractivity contribution is 5.26. The molecular formula is C15H24N2O3. The summed E-state index contributed by atoms with van der Waals surface area (Å²) in [5.74, 6) is 0.268. The fraction of sp³-hybridized carbons (Fsp3) is 0.600. The Morgan fingerprint density at radius 1 is 1.35 bits per heavy atom. The van der Waals surface area contributed by atoms with E-state index < -0.39 is 5.60 Å². The zero-order valence-corrected chi connectivity index (χ0v) is 12.0. The van der Waals surface area contributed by atoms with Crippen LogP contribution in [0.2, 0.25) is 0 Å². The van der Waals surface area contributed by atoms with E-state index in [1.54, 1.807) is 12.1 Å². The third kappa shape index (κ3) is 5.09. The number of morpholine rings is 1. The molecule has 3 N–H and O–H groups in total. The molecule has 1 aromatic rings. The van der Waals surface area contributed by atoms with E-state index in [-0.39, 0.29) is 5.75 Å². The molecule has 0 spiro atoms. The maximum Gasteiger partial charge on any atom is 0.115 e. The van der Waals surface area contributed by atoms with E-state index in [0.717, 1.165) is 31.9 Å².